The molecule has 4 aliphatic rings. The van der Waals surface area contributed by atoms with Crippen molar-refractivity contribution in [1.82, 2.24) is 4.90 Å². The molecule has 1 heterocycles. The Balaban J connectivity index is 1.26. The zero-order valence-corrected chi connectivity index (χ0v) is 19.1. The largest absolute Gasteiger partial charge is 0.453 e. The van der Waals surface area contributed by atoms with Crippen molar-refractivity contribution in [3.05, 3.63) is 107 Å². The highest BCUT2D eigenvalue weighted by Crippen LogP contribution is 2.60. The van der Waals surface area contributed by atoms with Gasteiger partial charge in [0, 0.05) is 17.4 Å². The number of Topliss-reactive ketones (excluding diaryl/α,β-unsaturated/α-hetero) is 1. The van der Waals surface area contributed by atoms with E-state index >= 15 is 0 Å². The van der Waals surface area contributed by atoms with Gasteiger partial charge in [-0.25, -0.2) is 0 Å². The van der Waals surface area contributed by atoms with Crippen LogP contribution in [-0.2, 0) is 19.1 Å². The fourth-order valence-corrected chi connectivity index (χ4v) is 6.15. The van der Waals surface area contributed by atoms with Gasteiger partial charge in [0.1, 0.15) is 6.54 Å². The number of hydrogen-bond donors (Lipinski definition) is 0. The monoisotopic (exact) mass is 465 g/mol. The predicted octanol–water partition coefficient (Wildman–Crippen LogP) is 3.69. The second-order valence-electron chi connectivity index (χ2n) is 9.39. The van der Waals surface area contributed by atoms with E-state index in [1.807, 2.05) is 48.5 Å². The Bertz CT molecular complexity index is 1270. The van der Waals surface area contributed by atoms with Crippen LogP contribution >= 0.6 is 0 Å². The standard InChI is InChI=1S/C29H23NO5/c1-16(27(32)17-9-3-2-4-10-17)35-22(31)15-30-28(33)25-23-18-11-5-6-12-19(18)24(26(25)29(30)34)21-14-8-7-13-20(21)23/h2-14,16,23-26H,15H2,1H3/t16-,23?,24?,25-,26-/m0/s1. The van der Waals surface area contributed by atoms with Gasteiger partial charge in [-0.1, -0.05) is 78.9 Å². The first kappa shape index (κ1) is 21.5. The third kappa shape index (κ3) is 3.16. The molecule has 6 heteroatoms. The molecule has 6 nitrogen and oxygen atoms in total. The fourth-order valence-electron chi connectivity index (χ4n) is 6.15. The van der Waals surface area contributed by atoms with Gasteiger partial charge < -0.3 is 4.74 Å². The molecule has 2 amide bonds. The molecule has 174 valence electrons. The second kappa shape index (κ2) is 8.01. The maximum absolute atomic E-state index is 13.6. The van der Waals surface area contributed by atoms with Gasteiger partial charge in [-0.15, -0.1) is 0 Å². The van der Waals surface area contributed by atoms with Crippen LogP contribution in [0.25, 0.3) is 0 Å². The molecule has 3 aromatic rings. The summed E-state index contributed by atoms with van der Waals surface area (Å²) in [6, 6.07) is 24.5. The van der Waals surface area contributed by atoms with Crippen LogP contribution in [0.4, 0.5) is 0 Å². The highest BCUT2D eigenvalue weighted by Gasteiger charge is 2.61. The third-order valence-electron chi connectivity index (χ3n) is 7.56. The molecule has 0 saturated carbocycles. The molecule has 7 rings (SSSR count). The molecule has 35 heavy (non-hydrogen) atoms. The number of hydrogen-bond acceptors (Lipinski definition) is 5. The van der Waals surface area contributed by atoms with Crippen LogP contribution in [-0.4, -0.2) is 41.1 Å². The molecule has 2 bridgehead atoms. The molecule has 0 unspecified atom stereocenters. The highest BCUT2D eigenvalue weighted by atomic mass is 16.5. The first-order valence-corrected chi connectivity index (χ1v) is 11.8. The lowest BCUT2D eigenvalue weighted by atomic mass is 9.55. The van der Waals surface area contributed by atoms with E-state index in [0.717, 1.165) is 27.2 Å². The van der Waals surface area contributed by atoms with Crippen molar-refractivity contribution >= 4 is 23.6 Å². The van der Waals surface area contributed by atoms with E-state index in [0.29, 0.717) is 5.56 Å². The smallest absolute Gasteiger partial charge is 0.326 e. The van der Waals surface area contributed by atoms with Crippen LogP contribution in [0.5, 0.6) is 0 Å². The van der Waals surface area contributed by atoms with Crippen LogP contribution < -0.4 is 0 Å². The summed E-state index contributed by atoms with van der Waals surface area (Å²) >= 11 is 0. The van der Waals surface area contributed by atoms with Crippen LogP contribution in [0, 0.1) is 11.8 Å². The van der Waals surface area contributed by atoms with E-state index in [1.54, 1.807) is 30.3 Å². The summed E-state index contributed by atoms with van der Waals surface area (Å²) in [5.74, 6) is -3.36. The fraction of sp³-hybridized carbons (Fsp3) is 0.241. The van der Waals surface area contributed by atoms with Crippen molar-refractivity contribution in [2.75, 3.05) is 6.54 Å². The van der Waals surface area contributed by atoms with Crippen molar-refractivity contribution < 1.29 is 23.9 Å². The molecule has 0 spiro atoms. The zero-order valence-electron chi connectivity index (χ0n) is 19.1. The summed E-state index contributed by atoms with van der Waals surface area (Å²) in [6.07, 6.45) is -1.02. The molecule has 3 atom stereocenters. The number of esters is 1. The first-order valence-electron chi connectivity index (χ1n) is 11.8. The average Bonchev–Trinajstić information content (AvgIpc) is 3.14. The number of nitrogens with zero attached hydrogens (tertiary/aromatic N) is 1. The Labute approximate surface area is 202 Å². The molecular weight excluding hydrogens is 442 g/mol. The molecule has 1 aliphatic heterocycles. The Morgan fingerprint density at radius 1 is 0.743 bits per heavy atom. The molecule has 3 aromatic carbocycles. The lowest BCUT2D eigenvalue weighted by Crippen LogP contribution is -2.41. The van der Waals surface area contributed by atoms with Crippen LogP contribution in [0.1, 0.15) is 51.4 Å². The van der Waals surface area contributed by atoms with E-state index in [1.165, 1.54) is 6.92 Å². The normalized spacial score (nSPS) is 24.4. The number of ketones is 1. The minimum Gasteiger partial charge on any atom is -0.453 e. The maximum atomic E-state index is 13.6. The summed E-state index contributed by atoms with van der Waals surface area (Å²) in [5.41, 5.74) is 4.73. The van der Waals surface area contributed by atoms with Gasteiger partial charge in [0.15, 0.2) is 6.10 Å². The summed E-state index contributed by atoms with van der Waals surface area (Å²) < 4.78 is 5.34. The van der Waals surface area contributed by atoms with Crippen molar-refractivity contribution in [3.63, 3.8) is 0 Å². The minimum atomic E-state index is -1.02. The van der Waals surface area contributed by atoms with Gasteiger partial charge in [0.05, 0.1) is 11.8 Å². The number of amides is 2. The average molecular weight is 466 g/mol. The molecular formula is C29H23NO5. The van der Waals surface area contributed by atoms with Crippen molar-refractivity contribution in [3.8, 4) is 0 Å². The van der Waals surface area contributed by atoms with E-state index in [-0.39, 0.29) is 29.4 Å². The molecule has 1 fully saturated rings. The molecule has 0 N–H and O–H groups in total. The third-order valence-corrected chi connectivity index (χ3v) is 7.56. The lowest BCUT2D eigenvalue weighted by molar-refractivity contribution is -0.154. The van der Waals surface area contributed by atoms with Crippen molar-refractivity contribution in [1.29, 1.82) is 0 Å². The number of carbonyl (C=O) groups excluding carboxylic acids is 4. The van der Waals surface area contributed by atoms with Gasteiger partial charge in [-0.3, -0.25) is 24.1 Å². The SMILES string of the molecule is C[C@H](OC(=O)CN1C(=O)[C@H]2C3c4ccccc4C(c4ccccc43)[C@@H]2C1=O)C(=O)c1ccccc1. The molecule has 0 radical (unpaired) electrons. The molecule has 3 aliphatic carbocycles. The van der Waals surface area contributed by atoms with Crippen LogP contribution in [0.15, 0.2) is 78.9 Å². The number of rotatable bonds is 5. The first-order chi connectivity index (χ1) is 17.0. The zero-order chi connectivity index (χ0) is 24.3. The van der Waals surface area contributed by atoms with Gasteiger partial charge in [0.2, 0.25) is 17.6 Å². The summed E-state index contributed by atoms with van der Waals surface area (Å²) in [6.45, 7) is 0.997. The van der Waals surface area contributed by atoms with E-state index < -0.39 is 30.5 Å². The van der Waals surface area contributed by atoms with E-state index in [2.05, 4.69) is 0 Å². The maximum Gasteiger partial charge on any atom is 0.326 e. The van der Waals surface area contributed by atoms with Gasteiger partial charge in [-0.2, -0.15) is 0 Å². The summed E-state index contributed by atoms with van der Waals surface area (Å²) in [4.78, 5) is 53.5. The van der Waals surface area contributed by atoms with Crippen LogP contribution in [0.2, 0.25) is 0 Å². The van der Waals surface area contributed by atoms with Gasteiger partial charge in [-0.05, 0) is 29.2 Å². The van der Waals surface area contributed by atoms with Crippen LogP contribution in [0.3, 0.4) is 0 Å². The van der Waals surface area contributed by atoms with E-state index in [9.17, 15) is 19.2 Å². The number of ether oxygens (including phenoxy) is 1. The summed E-state index contributed by atoms with van der Waals surface area (Å²) in [5, 5.41) is 0. The topological polar surface area (TPSA) is 80.8 Å². The Kier molecular flexibility index (Phi) is 4.92. The minimum absolute atomic E-state index is 0.228. The quantitative estimate of drug-likeness (QED) is 0.326. The van der Waals surface area contributed by atoms with Crippen molar-refractivity contribution in [2.45, 2.75) is 24.9 Å². The highest BCUT2D eigenvalue weighted by molar-refractivity contribution is 6.09. The number of imide groups is 1. The predicted molar refractivity (Wildman–Crippen MR) is 127 cm³/mol. The van der Waals surface area contributed by atoms with Gasteiger partial charge in [0.25, 0.3) is 0 Å². The molecule has 0 aromatic heterocycles. The van der Waals surface area contributed by atoms with E-state index in [4.69, 9.17) is 4.74 Å². The van der Waals surface area contributed by atoms with Crippen molar-refractivity contribution in [2.24, 2.45) is 11.8 Å². The van der Waals surface area contributed by atoms with Gasteiger partial charge >= 0.3 is 5.97 Å². The Morgan fingerprint density at radius 2 is 1.17 bits per heavy atom. The molecule has 1 saturated heterocycles. The number of carbonyl (C=O) groups is 4. The lowest BCUT2D eigenvalue weighted by Gasteiger charge is -2.45. The number of likely N-dealkylation sites (tertiary alicyclic amines) is 1. The second-order valence-corrected chi connectivity index (χ2v) is 9.39. The summed E-state index contributed by atoms with van der Waals surface area (Å²) in [7, 11) is 0. The number of benzene rings is 3. The Morgan fingerprint density at radius 3 is 1.63 bits per heavy atom. The Hall–Kier alpha value is -4.06.